The second-order valence-electron chi connectivity index (χ2n) is 6.37. The highest BCUT2D eigenvalue weighted by molar-refractivity contribution is 4.85. The van der Waals surface area contributed by atoms with E-state index < -0.39 is 0 Å². The lowest BCUT2D eigenvalue weighted by Gasteiger charge is -2.47. The Morgan fingerprint density at radius 3 is 2.12 bits per heavy atom. The summed E-state index contributed by atoms with van der Waals surface area (Å²) >= 11 is 0. The third-order valence-corrected chi connectivity index (χ3v) is 3.61. The van der Waals surface area contributed by atoms with Crippen LogP contribution >= 0.6 is 0 Å². The molecule has 3 heteroatoms. The summed E-state index contributed by atoms with van der Waals surface area (Å²) in [6, 6.07) is 0. The van der Waals surface area contributed by atoms with Crippen LogP contribution in [0.5, 0.6) is 0 Å². The molecule has 0 aliphatic carbocycles. The molecule has 1 fully saturated rings. The van der Waals surface area contributed by atoms with Gasteiger partial charge in [-0.05, 0) is 34.1 Å². The van der Waals surface area contributed by atoms with Crippen molar-refractivity contribution < 1.29 is 15.0 Å². The van der Waals surface area contributed by atoms with Crippen LogP contribution in [0.3, 0.4) is 0 Å². The largest absolute Gasteiger partial charge is 0.378 e. The Balaban J connectivity index is 2.57. The maximum absolute atomic E-state index is 10.2. The molecular weight excluding hydrogens is 202 g/mol. The van der Waals surface area contributed by atoms with Gasteiger partial charge in [-0.15, -0.1) is 0 Å². The monoisotopic (exact) mass is 230 g/mol. The van der Waals surface area contributed by atoms with E-state index in [9.17, 15) is 5.21 Å². The smallest absolute Gasteiger partial charge is 0.124 e. The lowest BCUT2D eigenvalue weighted by Crippen LogP contribution is -3.25. The van der Waals surface area contributed by atoms with Gasteiger partial charge in [-0.2, -0.15) is 5.06 Å². The fourth-order valence-electron chi connectivity index (χ4n) is 2.83. The summed E-state index contributed by atoms with van der Waals surface area (Å²) in [6.45, 7) is 11.5. The average molecular weight is 230 g/mol. The summed E-state index contributed by atoms with van der Waals surface area (Å²) in [7, 11) is 0. The normalized spacial score (nSPS) is 32.6. The first-order chi connectivity index (χ1) is 7.29. The van der Waals surface area contributed by atoms with Crippen LogP contribution in [0.25, 0.3) is 0 Å². The van der Waals surface area contributed by atoms with Crippen LogP contribution in [-0.2, 0) is 4.74 Å². The zero-order chi connectivity index (χ0) is 12.4. The molecule has 0 amide bonds. The molecular formula is C13H28NO2+. The van der Waals surface area contributed by atoms with E-state index in [1.807, 2.05) is 0 Å². The Labute approximate surface area is 99.7 Å². The fourth-order valence-corrected chi connectivity index (χ4v) is 2.83. The van der Waals surface area contributed by atoms with Crippen molar-refractivity contribution in [1.29, 1.82) is 0 Å². The zero-order valence-electron chi connectivity index (χ0n) is 11.5. The summed E-state index contributed by atoms with van der Waals surface area (Å²) in [5.41, 5.74) is -0.225. The quantitative estimate of drug-likeness (QED) is 0.722. The number of ether oxygens (including phenoxy) is 1. The van der Waals surface area contributed by atoms with Gasteiger partial charge in [0.15, 0.2) is 0 Å². The highest BCUT2D eigenvalue weighted by atomic mass is 16.5. The summed E-state index contributed by atoms with van der Waals surface area (Å²) in [4.78, 5) is 0. The first-order valence-electron chi connectivity index (χ1n) is 6.48. The van der Waals surface area contributed by atoms with Gasteiger partial charge in [0.2, 0.25) is 0 Å². The molecule has 0 atom stereocenters. The maximum Gasteiger partial charge on any atom is 0.124 e. The van der Waals surface area contributed by atoms with E-state index >= 15 is 0 Å². The standard InChI is InChI=1S/C13H27NO2/c1-6-7-8-16-11-9-12(2,3)14(15)13(4,5)10-11/h11,15H,6-10H2,1-5H3/p+1. The second-order valence-corrected chi connectivity index (χ2v) is 6.37. The molecule has 1 aliphatic heterocycles. The van der Waals surface area contributed by atoms with Crippen molar-refractivity contribution in [2.45, 2.75) is 77.5 Å². The average Bonchev–Trinajstić information content (AvgIpc) is 2.14. The summed E-state index contributed by atoms with van der Waals surface area (Å²) in [5.74, 6) is 0. The highest BCUT2D eigenvalue weighted by Gasteiger charge is 2.49. The molecule has 2 N–H and O–H groups in total. The minimum absolute atomic E-state index is 0.112. The highest BCUT2D eigenvalue weighted by Crippen LogP contribution is 2.25. The minimum Gasteiger partial charge on any atom is -0.378 e. The molecule has 96 valence electrons. The van der Waals surface area contributed by atoms with Crippen molar-refractivity contribution in [2.75, 3.05) is 6.61 Å². The molecule has 0 radical (unpaired) electrons. The van der Waals surface area contributed by atoms with Gasteiger partial charge in [0.1, 0.15) is 11.1 Å². The molecule has 0 bridgehead atoms. The molecule has 0 aromatic carbocycles. The first-order valence-corrected chi connectivity index (χ1v) is 6.48. The van der Waals surface area contributed by atoms with E-state index in [0.29, 0.717) is 11.2 Å². The third kappa shape index (κ3) is 3.19. The van der Waals surface area contributed by atoms with Gasteiger partial charge in [0, 0.05) is 19.4 Å². The molecule has 1 aliphatic rings. The lowest BCUT2D eigenvalue weighted by atomic mass is 9.80. The van der Waals surface area contributed by atoms with Crippen molar-refractivity contribution in [3.63, 3.8) is 0 Å². The van der Waals surface area contributed by atoms with Gasteiger partial charge in [-0.1, -0.05) is 13.3 Å². The van der Waals surface area contributed by atoms with Crippen LogP contribution in [-0.4, -0.2) is 29.0 Å². The number of unbranched alkanes of at least 4 members (excludes halogenated alkanes) is 1. The predicted molar refractivity (Wildman–Crippen MR) is 64.8 cm³/mol. The molecule has 0 saturated carbocycles. The number of hydroxylamine groups is 2. The van der Waals surface area contributed by atoms with E-state index in [2.05, 4.69) is 34.6 Å². The Morgan fingerprint density at radius 2 is 1.69 bits per heavy atom. The van der Waals surface area contributed by atoms with Crippen LogP contribution in [0.1, 0.15) is 60.3 Å². The zero-order valence-corrected chi connectivity index (χ0v) is 11.5. The molecule has 1 rings (SSSR count). The second kappa shape index (κ2) is 5.03. The van der Waals surface area contributed by atoms with Gasteiger partial charge in [-0.25, -0.2) is 5.21 Å². The van der Waals surface area contributed by atoms with Crippen LogP contribution in [0.4, 0.5) is 0 Å². The van der Waals surface area contributed by atoms with E-state index in [1.54, 1.807) is 0 Å². The molecule has 16 heavy (non-hydrogen) atoms. The van der Waals surface area contributed by atoms with E-state index in [1.165, 1.54) is 6.42 Å². The van der Waals surface area contributed by atoms with Crippen LogP contribution < -0.4 is 5.06 Å². The number of piperidine rings is 1. The summed E-state index contributed by atoms with van der Waals surface area (Å²) in [5, 5.41) is 10.8. The lowest BCUT2D eigenvalue weighted by molar-refractivity contribution is -1.16. The van der Waals surface area contributed by atoms with E-state index in [-0.39, 0.29) is 11.1 Å². The number of hydrogen-bond acceptors (Lipinski definition) is 2. The molecule has 1 saturated heterocycles. The van der Waals surface area contributed by atoms with E-state index in [0.717, 1.165) is 25.9 Å². The summed E-state index contributed by atoms with van der Waals surface area (Å²) < 4.78 is 5.92. The van der Waals surface area contributed by atoms with Crippen molar-refractivity contribution >= 4 is 0 Å². The topological polar surface area (TPSA) is 33.9 Å². The molecule has 1 heterocycles. The van der Waals surface area contributed by atoms with Crippen molar-refractivity contribution in [2.24, 2.45) is 0 Å². The van der Waals surface area contributed by atoms with Crippen LogP contribution in [0, 0.1) is 0 Å². The van der Waals surface area contributed by atoms with Crippen molar-refractivity contribution in [3.05, 3.63) is 0 Å². The molecule has 0 aromatic heterocycles. The SMILES string of the molecule is CCCCOC1CC(C)(C)[NH+](O)C(C)(C)C1. The van der Waals surface area contributed by atoms with E-state index in [4.69, 9.17) is 4.74 Å². The Bertz CT molecular complexity index is 208. The molecule has 0 aromatic rings. The third-order valence-electron chi connectivity index (χ3n) is 3.61. The molecule has 0 spiro atoms. The number of rotatable bonds is 4. The van der Waals surface area contributed by atoms with Gasteiger partial charge in [0.05, 0.1) is 6.10 Å². The molecule has 3 nitrogen and oxygen atoms in total. The van der Waals surface area contributed by atoms with Crippen molar-refractivity contribution in [1.82, 2.24) is 0 Å². The van der Waals surface area contributed by atoms with Gasteiger partial charge >= 0.3 is 0 Å². The van der Waals surface area contributed by atoms with Crippen LogP contribution in [0.15, 0.2) is 0 Å². The van der Waals surface area contributed by atoms with Gasteiger partial charge in [0.25, 0.3) is 0 Å². The first kappa shape index (κ1) is 13.9. The maximum atomic E-state index is 10.2. The van der Waals surface area contributed by atoms with Crippen LogP contribution in [0.2, 0.25) is 0 Å². The molecule has 0 unspecified atom stereocenters. The summed E-state index contributed by atoms with van der Waals surface area (Å²) in [6.07, 6.45) is 4.48. The number of quaternary nitrogens is 1. The number of hydrogen-bond donors (Lipinski definition) is 2. The number of nitrogens with one attached hydrogen (secondary N) is 1. The Kier molecular flexibility index (Phi) is 4.38. The fraction of sp³-hybridized carbons (Fsp3) is 1.00. The van der Waals surface area contributed by atoms with Gasteiger partial charge < -0.3 is 4.74 Å². The Morgan fingerprint density at radius 1 is 1.19 bits per heavy atom. The minimum atomic E-state index is -0.112. The van der Waals surface area contributed by atoms with Crippen molar-refractivity contribution in [3.8, 4) is 0 Å². The predicted octanol–water partition coefficient (Wildman–Crippen LogP) is 1.80. The van der Waals surface area contributed by atoms with Gasteiger partial charge in [-0.3, -0.25) is 0 Å². The Hall–Kier alpha value is -0.120.